The van der Waals surface area contributed by atoms with Crippen LogP contribution in [0.4, 0.5) is 5.69 Å². The van der Waals surface area contributed by atoms with Gasteiger partial charge >= 0.3 is 0 Å². The monoisotopic (exact) mass is 481 g/mol. The van der Waals surface area contributed by atoms with Gasteiger partial charge in [0.2, 0.25) is 5.69 Å². The van der Waals surface area contributed by atoms with Crippen LogP contribution < -0.4 is 4.57 Å². The Balaban J connectivity index is 1.50. The minimum atomic E-state index is 0.711. The number of furan rings is 1. The summed E-state index contributed by atoms with van der Waals surface area (Å²) in [5.41, 5.74) is 8.17. The summed E-state index contributed by atoms with van der Waals surface area (Å²) in [5.74, 6) is 0. The van der Waals surface area contributed by atoms with Gasteiger partial charge in [0.05, 0.1) is 12.1 Å². The Morgan fingerprint density at radius 3 is 2.50 bits per heavy atom. The van der Waals surface area contributed by atoms with Crippen molar-refractivity contribution in [3.63, 3.8) is 0 Å². The van der Waals surface area contributed by atoms with Crippen LogP contribution in [0.2, 0.25) is 0 Å². The normalized spacial score (nSPS) is 11.6. The van der Waals surface area contributed by atoms with E-state index in [1.54, 1.807) is 11.3 Å². The van der Waals surface area contributed by atoms with Gasteiger partial charge in [0.1, 0.15) is 18.2 Å². The molecule has 4 aromatic carbocycles. The van der Waals surface area contributed by atoms with Crippen LogP contribution in [0.3, 0.4) is 0 Å². The number of benzene rings is 4. The molecule has 36 heavy (non-hydrogen) atoms. The van der Waals surface area contributed by atoms with Crippen LogP contribution in [0.5, 0.6) is 0 Å². The summed E-state index contributed by atoms with van der Waals surface area (Å²) >= 11 is 1.74. The summed E-state index contributed by atoms with van der Waals surface area (Å²) in [6.45, 7) is 9.72. The van der Waals surface area contributed by atoms with Crippen LogP contribution in [0, 0.1) is 13.5 Å². The summed E-state index contributed by atoms with van der Waals surface area (Å²) in [6.07, 6.45) is 2.07. The summed E-state index contributed by atoms with van der Waals surface area (Å²) in [5, 5.41) is 4.43. The van der Waals surface area contributed by atoms with Crippen LogP contribution in [-0.2, 0) is 7.05 Å². The zero-order chi connectivity index (χ0) is 24.4. The summed E-state index contributed by atoms with van der Waals surface area (Å²) < 4.78 is 11.2. The first-order valence-corrected chi connectivity index (χ1v) is 12.7. The predicted octanol–water partition coefficient (Wildman–Crippen LogP) is 8.97. The van der Waals surface area contributed by atoms with Crippen molar-refractivity contribution in [2.75, 3.05) is 0 Å². The van der Waals surface area contributed by atoms with E-state index in [2.05, 4.69) is 96.3 Å². The lowest BCUT2D eigenvalue weighted by atomic mass is 9.98. The van der Waals surface area contributed by atoms with Gasteiger partial charge in [-0.1, -0.05) is 54.6 Å². The maximum absolute atomic E-state index is 7.58. The van der Waals surface area contributed by atoms with Crippen LogP contribution >= 0.6 is 11.3 Å². The Hall–Kier alpha value is -4.46. The topological polar surface area (TPSA) is 21.4 Å². The van der Waals surface area contributed by atoms with Gasteiger partial charge in [-0.15, -0.1) is 11.3 Å². The number of fused-ring (bicyclic) bond motifs is 6. The Kier molecular flexibility index (Phi) is 4.51. The van der Waals surface area contributed by atoms with E-state index in [-0.39, 0.29) is 0 Å². The van der Waals surface area contributed by atoms with Gasteiger partial charge in [-0.25, -0.2) is 9.41 Å². The minimum absolute atomic E-state index is 0.711. The summed E-state index contributed by atoms with van der Waals surface area (Å²) in [6, 6.07) is 29.5. The second kappa shape index (κ2) is 7.78. The molecule has 0 bridgehead atoms. The van der Waals surface area contributed by atoms with Gasteiger partial charge in [0.25, 0.3) is 0 Å². The first-order chi connectivity index (χ1) is 17.6. The highest BCUT2D eigenvalue weighted by molar-refractivity contribution is 7.26. The van der Waals surface area contributed by atoms with Crippen molar-refractivity contribution >= 4 is 59.1 Å². The van der Waals surface area contributed by atoms with Crippen molar-refractivity contribution in [1.82, 2.24) is 0 Å². The second-order valence-corrected chi connectivity index (χ2v) is 10.3. The van der Waals surface area contributed by atoms with Crippen molar-refractivity contribution in [3.8, 4) is 22.4 Å². The molecular weight excluding hydrogens is 460 g/mol. The first-order valence-electron chi connectivity index (χ1n) is 11.9. The van der Waals surface area contributed by atoms with Crippen LogP contribution in [0.15, 0.2) is 95.5 Å². The van der Waals surface area contributed by atoms with E-state index in [1.807, 2.05) is 18.2 Å². The van der Waals surface area contributed by atoms with Gasteiger partial charge in [-0.3, -0.25) is 0 Å². The maximum atomic E-state index is 7.58. The molecule has 0 saturated heterocycles. The van der Waals surface area contributed by atoms with Crippen molar-refractivity contribution in [1.29, 1.82) is 0 Å². The van der Waals surface area contributed by atoms with Crippen LogP contribution in [-0.4, -0.2) is 0 Å². The standard InChI is InChI=1S/C32H21N2OS/c1-19-13-15-23-22-9-6-8-21(31(22)35-32(23)29(19)26-11-4-5-17-34(26)3)20-14-16-24-28(18-20)36-27-12-7-10-25(33-2)30(24)27/h4-18H,1,3H3/q+1. The molecule has 0 unspecified atom stereocenters. The molecule has 0 aliphatic heterocycles. The number of nitrogens with zero attached hydrogens (tertiary/aromatic N) is 2. The number of para-hydroxylation sites is 1. The summed E-state index contributed by atoms with van der Waals surface area (Å²) in [4.78, 5) is 3.75. The third kappa shape index (κ3) is 2.94. The Bertz CT molecular complexity index is 2040. The van der Waals surface area contributed by atoms with Crippen molar-refractivity contribution in [2.45, 2.75) is 6.92 Å². The molecule has 3 aromatic heterocycles. The van der Waals surface area contributed by atoms with Gasteiger partial charge in [-0.2, -0.15) is 0 Å². The lowest BCUT2D eigenvalue weighted by molar-refractivity contribution is -0.660. The Labute approximate surface area is 212 Å². The molecule has 4 heteroatoms. The largest absolute Gasteiger partial charge is 0.454 e. The van der Waals surface area contributed by atoms with E-state index in [0.717, 1.165) is 59.8 Å². The maximum Gasteiger partial charge on any atom is 0.216 e. The molecule has 3 nitrogen and oxygen atoms in total. The molecule has 0 fully saturated rings. The molecule has 0 amide bonds. The van der Waals surface area contributed by atoms with Gasteiger partial charge < -0.3 is 4.42 Å². The lowest BCUT2D eigenvalue weighted by Crippen LogP contribution is -2.30. The smallest absolute Gasteiger partial charge is 0.216 e. The highest BCUT2D eigenvalue weighted by Crippen LogP contribution is 2.44. The van der Waals surface area contributed by atoms with Gasteiger partial charge in [-0.05, 0) is 41.6 Å². The Morgan fingerprint density at radius 1 is 0.806 bits per heavy atom. The van der Waals surface area contributed by atoms with Gasteiger partial charge in [0, 0.05) is 43.3 Å². The van der Waals surface area contributed by atoms with E-state index in [4.69, 9.17) is 11.0 Å². The van der Waals surface area contributed by atoms with Crippen molar-refractivity contribution < 1.29 is 8.98 Å². The summed E-state index contributed by atoms with van der Waals surface area (Å²) in [7, 11) is 2.07. The number of pyridine rings is 1. The van der Waals surface area contributed by atoms with E-state index < -0.39 is 0 Å². The number of hydrogen-bond acceptors (Lipinski definition) is 2. The highest BCUT2D eigenvalue weighted by Gasteiger charge is 2.21. The fourth-order valence-corrected chi connectivity index (χ4v) is 6.52. The second-order valence-electron chi connectivity index (χ2n) is 9.19. The van der Waals surface area contributed by atoms with E-state index in [0.29, 0.717) is 5.69 Å². The fourth-order valence-electron chi connectivity index (χ4n) is 5.36. The molecule has 0 aliphatic rings. The fraction of sp³-hybridized carbons (Fsp3) is 0.0625. The molecule has 3 heterocycles. The van der Waals surface area contributed by atoms with E-state index >= 15 is 0 Å². The molecule has 0 saturated carbocycles. The van der Waals surface area contributed by atoms with Crippen molar-refractivity contribution in [3.05, 3.63) is 108 Å². The predicted molar refractivity (Wildman–Crippen MR) is 150 cm³/mol. The molecule has 7 rings (SSSR count). The Morgan fingerprint density at radius 2 is 1.64 bits per heavy atom. The number of aromatic nitrogens is 1. The van der Waals surface area contributed by atoms with E-state index in [1.165, 1.54) is 10.3 Å². The molecule has 0 atom stereocenters. The molecule has 170 valence electrons. The number of aryl methyl sites for hydroxylation is 2. The SMILES string of the molecule is [C-]#[N+]c1cccc2sc3cc(-c4cccc5c4oc4c(-c6cccc[n+]6C)c(C)ccc45)ccc3c12. The van der Waals surface area contributed by atoms with E-state index in [9.17, 15) is 0 Å². The third-order valence-electron chi connectivity index (χ3n) is 7.09. The number of hydrogen-bond donors (Lipinski definition) is 0. The quantitative estimate of drug-likeness (QED) is 0.178. The van der Waals surface area contributed by atoms with Gasteiger partial charge in [0.15, 0.2) is 11.9 Å². The number of thiophene rings is 1. The molecular formula is C32H21N2OS+. The molecule has 0 spiro atoms. The van der Waals surface area contributed by atoms with Crippen molar-refractivity contribution in [2.24, 2.45) is 7.05 Å². The van der Waals surface area contributed by atoms with Crippen LogP contribution in [0.1, 0.15) is 5.56 Å². The van der Waals surface area contributed by atoms with Crippen LogP contribution in [0.25, 0.3) is 69.3 Å². The zero-order valence-electron chi connectivity index (χ0n) is 19.9. The lowest BCUT2D eigenvalue weighted by Gasteiger charge is -2.05. The highest BCUT2D eigenvalue weighted by atomic mass is 32.1. The molecule has 0 aliphatic carbocycles. The zero-order valence-corrected chi connectivity index (χ0v) is 20.7. The molecule has 0 radical (unpaired) electrons. The third-order valence-corrected chi connectivity index (χ3v) is 8.21. The molecule has 7 aromatic rings. The average Bonchev–Trinajstić information content (AvgIpc) is 3.47. The average molecular weight is 482 g/mol. The minimum Gasteiger partial charge on any atom is -0.454 e. The molecule has 0 N–H and O–H groups in total. The first kappa shape index (κ1) is 20.9. The number of rotatable bonds is 2.